The van der Waals surface area contributed by atoms with Crippen LogP contribution in [0.4, 0.5) is 5.69 Å². The molecule has 2 aromatic rings. The third-order valence-electron chi connectivity index (χ3n) is 6.61. The number of hydrogen-bond acceptors (Lipinski definition) is 4. The number of carbonyl (C=O) groups is 1. The molecule has 4 atom stereocenters. The van der Waals surface area contributed by atoms with Crippen LogP contribution in [0.2, 0.25) is 23.7 Å². The van der Waals surface area contributed by atoms with Crippen LogP contribution in [0.1, 0.15) is 24.5 Å². The number of rotatable bonds is 5. The van der Waals surface area contributed by atoms with Crippen LogP contribution < -0.4 is 4.90 Å². The van der Waals surface area contributed by atoms with Crippen LogP contribution in [0.15, 0.2) is 42.5 Å². The molecule has 0 radical (unpaired) electrons. The molecule has 1 saturated heterocycles. The lowest BCUT2D eigenvalue weighted by atomic mass is 9.82. The quantitative estimate of drug-likeness (QED) is 0.404. The summed E-state index contributed by atoms with van der Waals surface area (Å²) < 4.78 is 7.68. The van der Waals surface area contributed by atoms with Crippen molar-refractivity contribution in [2.45, 2.75) is 50.2 Å². The molecule has 1 fully saturated rings. The largest absolute Gasteiger partial charge is 0.432 e. The van der Waals surface area contributed by atoms with Crippen molar-refractivity contribution in [2.24, 2.45) is 5.92 Å². The Kier molecular flexibility index (Phi) is 6.30. The molecule has 4 rings (SSSR count). The van der Waals surface area contributed by atoms with Crippen molar-refractivity contribution in [3.8, 4) is 0 Å². The highest BCUT2D eigenvalue weighted by Crippen LogP contribution is 2.60. The molecule has 2 aliphatic rings. The number of benzene rings is 2. The van der Waals surface area contributed by atoms with Crippen molar-refractivity contribution in [1.29, 1.82) is 0 Å². The zero-order valence-corrected chi connectivity index (χ0v) is 21.7. The number of ether oxygens (including phenoxy) is 1. The highest BCUT2D eigenvalue weighted by atomic mass is 127. The first kappa shape index (κ1) is 23.2. The zero-order chi connectivity index (χ0) is 22.6. The van der Waals surface area contributed by atoms with E-state index in [1.807, 2.05) is 56.4 Å². The second-order valence-corrected chi connectivity index (χ2v) is 14.7. The Morgan fingerprint density at radius 1 is 1.23 bits per heavy atom. The number of fused-ring (bicyclic) bond motifs is 2. The SMILES string of the molecule is C[C@H]1[C@H]([Si](C)(C)O)[C@@H](CCO)O[C@]12C(=O)N(Cc1ccc(I)cc1)c1ccc(Cl)cc12. The molecular weight excluding hydrogens is 545 g/mol. The number of halogens is 2. The normalized spacial score (nSPS) is 27.9. The Bertz CT molecular complexity index is 996. The molecule has 1 amide bonds. The van der Waals surface area contributed by atoms with Gasteiger partial charge in [0.15, 0.2) is 13.9 Å². The van der Waals surface area contributed by atoms with Gasteiger partial charge in [-0.3, -0.25) is 4.79 Å². The lowest BCUT2D eigenvalue weighted by Gasteiger charge is -2.32. The topological polar surface area (TPSA) is 70.0 Å². The summed E-state index contributed by atoms with van der Waals surface area (Å²) in [4.78, 5) is 26.9. The van der Waals surface area contributed by atoms with Gasteiger partial charge in [0.05, 0.1) is 18.3 Å². The van der Waals surface area contributed by atoms with Gasteiger partial charge in [-0.2, -0.15) is 0 Å². The van der Waals surface area contributed by atoms with Crippen molar-refractivity contribution in [3.05, 3.63) is 62.2 Å². The molecule has 5 nitrogen and oxygen atoms in total. The van der Waals surface area contributed by atoms with Gasteiger partial charge >= 0.3 is 0 Å². The minimum Gasteiger partial charge on any atom is -0.432 e. The predicted octanol–water partition coefficient (Wildman–Crippen LogP) is 4.67. The summed E-state index contributed by atoms with van der Waals surface area (Å²) in [5, 5.41) is 10.2. The fourth-order valence-electron chi connectivity index (χ4n) is 5.38. The van der Waals surface area contributed by atoms with Crippen LogP contribution in [-0.2, 0) is 21.7 Å². The van der Waals surface area contributed by atoms with Gasteiger partial charge in [0.1, 0.15) is 0 Å². The van der Waals surface area contributed by atoms with Crippen LogP contribution >= 0.6 is 34.2 Å². The molecule has 1 spiro atoms. The van der Waals surface area contributed by atoms with Gasteiger partial charge in [-0.25, -0.2) is 0 Å². The summed E-state index contributed by atoms with van der Waals surface area (Å²) in [6.45, 7) is 6.12. The molecule has 0 bridgehead atoms. The van der Waals surface area contributed by atoms with Gasteiger partial charge < -0.3 is 19.5 Å². The molecule has 166 valence electrons. The number of anilines is 1. The van der Waals surface area contributed by atoms with Gasteiger partial charge in [-0.15, -0.1) is 0 Å². The lowest BCUT2D eigenvalue weighted by Crippen LogP contribution is -2.46. The summed E-state index contributed by atoms with van der Waals surface area (Å²) in [5.74, 6) is -0.373. The highest BCUT2D eigenvalue weighted by Gasteiger charge is 2.66. The third kappa shape index (κ3) is 3.87. The van der Waals surface area contributed by atoms with E-state index in [2.05, 4.69) is 22.6 Å². The van der Waals surface area contributed by atoms with E-state index < -0.39 is 13.9 Å². The fourth-order valence-corrected chi connectivity index (χ4v) is 8.51. The highest BCUT2D eigenvalue weighted by molar-refractivity contribution is 14.1. The van der Waals surface area contributed by atoms with E-state index in [1.165, 1.54) is 0 Å². The van der Waals surface area contributed by atoms with Crippen LogP contribution in [0.3, 0.4) is 0 Å². The van der Waals surface area contributed by atoms with Crippen LogP contribution in [0, 0.1) is 9.49 Å². The van der Waals surface area contributed by atoms with Crippen LogP contribution in [0.5, 0.6) is 0 Å². The Hall–Kier alpha value is -0.973. The second kappa shape index (κ2) is 8.42. The summed E-state index contributed by atoms with van der Waals surface area (Å²) in [6.07, 6.45) is -0.00525. The van der Waals surface area contributed by atoms with E-state index in [0.717, 1.165) is 20.4 Å². The Labute approximate surface area is 202 Å². The van der Waals surface area contributed by atoms with Crippen molar-refractivity contribution >= 4 is 54.1 Å². The predicted molar refractivity (Wildman–Crippen MR) is 133 cm³/mol. The molecule has 2 heterocycles. The van der Waals surface area contributed by atoms with Crippen LogP contribution in [-0.4, -0.2) is 36.8 Å². The Morgan fingerprint density at radius 3 is 2.52 bits per heavy atom. The van der Waals surface area contributed by atoms with Crippen LogP contribution in [0.25, 0.3) is 0 Å². The van der Waals surface area contributed by atoms with Gasteiger partial charge in [-0.1, -0.05) is 30.7 Å². The van der Waals surface area contributed by atoms with E-state index >= 15 is 0 Å². The van der Waals surface area contributed by atoms with Gasteiger partial charge in [0.2, 0.25) is 0 Å². The van der Waals surface area contributed by atoms with Crippen molar-refractivity contribution in [3.63, 3.8) is 0 Å². The average Bonchev–Trinajstić information content (AvgIpc) is 3.11. The van der Waals surface area contributed by atoms with E-state index in [-0.39, 0.29) is 30.1 Å². The molecule has 2 N–H and O–H groups in total. The number of carbonyl (C=O) groups excluding carboxylic acids is 1. The van der Waals surface area contributed by atoms with Crippen molar-refractivity contribution in [2.75, 3.05) is 11.5 Å². The van der Waals surface area contributed by atoms with Gasteiger partial charge in [-0.05, 0) is 78.0 Å². The van der Waals surface area contributed by atoms with Gasteiger partial charge in [0, 0.05) is 32.2 Å². The van der Waals surface area contributed by atoms with Crippen molar-refractivity contribution < 1.29 is 19.4 Å². The smallest absolute Gasteiger partial charge is 0.264 e. The molecule has 2 aromatic carbocycles. The number of aliphatic hydroxyl groups is 1. The third-order valence-corrected chi connectivity index (χ3v) is 10.1. The molecule has 0 aromatic heterocycles. The zero-order valence-electron chi connectivity index (χ0n) is 17.8. The first-order chi connectivity index (χ1) is 14.6. The Morgan fingerprint density at radius 2 is 1.90 bits per heavy atom. The van der Waals surface area contributed by atoms with E-state index in [0.29, 0.717) is 18.0 Å². The number of aliphatic hydroxyl groups excluding tert-OH is 1. The Balaban J connectivity index is 1.82. The van der Waals surface area contributed by atoms with E-state index in [9.17, 15) is 14.7 Å². The number of nitrogens with zero attached hydrogens (tertiary/aromatic N) is 1. The first-order valence-corrected chi connectivity index (χ1v) is 14.9. The second-order valence-electron chi connectivity index (χ2n) is 9.05. The number of amides is 1. The first-order valence-electron chi connectivity index (χ1n) is 10.5. The summed E-state index contributed by atoms with van der Waals surface area (Å²) >= 11 is 8.62. The molecular formula is C23H27ClINO4Si. The standard InChI is InChI=1S/C23H27ClINO4Si/c1-14-21(31(2,3)29)20(10-11-27)30-23(14)18-12-16(24)6-9-19(18)26(22(23)28)13-15-4-7-17(25)8-5-15/h4-9,12,14,20-21,27,29H,10-11,13H2,1-3H3/t14-,20+,21-,23+/m0/s1. The molecule has 31 heavy (non-hydrogen) atoms. The molecule has 0 unspecified atom stereocenters. The maximum atomic E-state index is 14.0. The number of hydrogen-bond donors (Lipinski definition) is 2. The van der Waals surface area contributed by atoms with E-state index in [4.69, 9.17) is 16.3 Å². The maximum Gasteiger partial charge on any atom is 0.264 e. The van der Waals surface area contributed by atoms with Gasteiger partial charge in [0.25, 0.3) is 5.91 Å². The molecule has 0 saturated carbocycles. The van der Waals surface area contributed by atoms with Crippen molar-refractivity contribution in [1.82, 2.24) is 0 Å². The maximum absolute atomic E-state index is 14.0. The summed E-state index contributed by atoms with van der Waals surface area (Å²) in [5.41, 5.74) is 1.18. The van der Waals surface area contributed by atoms with E-state index in [1.54, 1.807) is 11.0 Å². The molecule has 2 aliphatic heterocycles. The summed E-state index contributed by atoms with van der Waals surface area (Å²) in [7, 11) is -2.69. The monoisotopic (exact) mass is 571 g/mol. The molecule has 8 heteroatoms. The minimum absolute atomic E-state index is 0.0581. The fraction of sp³-hybridized carbons (Fsp3) is 0.435. The lowest BCUT2D eigenvalue weighted by molar-refractivity contribution is -0.146. The molecule has 0 aliphatic carbocycles. The summed E-state index contributed by atoms with van der Waals surface area (Å²) in [6, 6.07) is 13.6. The average molecular weight is 572 g/mol. The minimum atomic E-state index is -2.69.